The summed E-state index contributed by atoms with van der Waals surface area (Å²) in [6.45, 7) is 10.1. The third kappa shape index (κ3) is 2.48. The Morgan fingerprint density at radius 3 is 2.14 bits per heavy atom. The van der Waals surface area contributed by atoms with E-state index in [9.17, 15) is 4.57 Å². The summed E-state index contributed by atoms with van der Waals surface area (Å²) in [4.78, 5) is 0. The van der Waals surface area contributed by atoms with Crippen LogP contribution in [0.25, 0.3) is 0 Å². The molecule has 0 saturated carbocycles. The standard InChI is InChI=1S/C12H19OP/c1-9(2)12-7-6-11(8-10(12)3)14(4,5)13/h6-9H,1-5H3. The van der Waals surface area contributed by atoms with E-state index in [1.54, 1.807) is 0 Å². The molecule has 0 atom stereocenters. The molecule has 0 unspecified atom stereocenters. The summed E-state index contributed by atoms with van der Waals surface area (Å²) in [7, 11) is -2.10. The second-order valence-corrected chi connectivity index (χ2v) is 7.76. The zero-order chi connectivity index (χ0) is 10.9. The predicted molar refractivity (Wildman–Crippen MR) is 64.4 cm³/mol. The summed E-state index contributed by atoms with van der Waals surface area (Å²) < 4.78 is 11.8. The zero-order valence-electron chi connectivity index (χ0n) is 9.66. The van der Waals surface area contributed by atoms with Gasteiger partial charge in [-0.05, 0) is 43.4 Å². The third-order valence-corrected chi connectivity index (χ3v) is 4.02. The molecule has 0 N–H and O–H groups in total. The minimum absolute atomic E-state index is 0.539. The molecule has 0 fully saturated rings. The maximum atomic E-state index is 11.8. The summed E-state index contributed by atoms with van der Waals surface area (Å²) in [5, 5.41) is 0.986. The molecule has 0 aliphatic heterocycles. The number of hydrogen-bond donors (Lipinski definition) is 0. The molecule has 0 saturated heterocycles. The summed E-state index contributed by atoms with van der Waals surface area (Å²) >= 11 is 0. The van der Waals surface area contributed by atoms with Crippen LogP contribution in [0, 0.1) is 6.92 Å². The van der Waals surface area contributed by atoms with Crippen LogP contribution in [0.2, 0.25) is 0 Å². The van der Waals surface area contributed by atoms with Crippen molar-refractivity contribution in [1.82, 2.24) is 0 Å². The predicted octanol–water partition coefficient (Wildman–Crippen LogP) is 3.37. The van der Waals surface area contributed by atoms with Crippen LogP contribution in [0.4, 0.5) is 0 Å². The van der Waals surface area contributed by atoms with Crippen LogP contribution in [0.5, 0.6) is 0 Å². The average molecular weight is 210 g/mol. The van der Waals surface area contributed by atoms with Crippen molar-refractivity contribution in [1.29, 1.82) is 0 Å². The Balaban J connectivity index is 3.20. The molecule has 0 amide bonds. The Hall–Kier alpha value is -0.550. The topological polar surface area (TPSA) is 17.1 Å². The van der Waals surface area contributed by atoms with E-state index in [1.165, 1.54) is 11.1 Å². The Kier molecular flexibility index (Phi) is 3.21. The lowest BCUT2D eigenvalue weighted by Crippen LogP contribution is -2.05. The number of hydrogen-bond acceptors (Lipinski definition) is 1. The molecule has 0 aliphatic carbocycles. The van der Waals surface area contributed by atoms with Crippen molar-refractivity contribution < 1.29 is 4.57 Å². The molecule has 0 aliphatic rings. The Morgan fingerprint density at radius 1 is 1.21 bits per heavy atom. The Bertz CT molecular complexity index is 374. The van der Waals surface area contributed by atoms with Gasteiger partial charge in [-0.1, -0.05) is 26.0 Å². The van der Waals surface area contributed by atoms with Gasteiger partial charge in [0.05, 0.1) is 0 Å². The normalized spacial score (nSPS) is 12.1. The molecule has 0 heterocycles. The van der Waals surface area contributed by atoms with Crippen molar-refractivity contribution in [3.05, 3.63) is 29.3 Å². The number of benzene rings is 1. The molecular weight excluding hydrogens is 191 g/mol. The highest BCUT2D eigenvalue weighted by Gasteiger charge is 2.12. The number of aryl methyl sites for hydroxylation is 1. The Labute approximate surface area is 86.9 Å². The van der Waals surface area contributed by atoms with Crippen molar-refractivity contribution >= 4 is 12.4 Å². The van der Waals surface area contributed by atoms with Gasteiger partial charge in [-0.3, -0.25) is 0 Å². The first-order chi connectivity index (χ1) is 6.32. The fraction of sp³-hybridized carbons (Fsp3) is 0.500. The first-order valence-electron chi connectivity index (χ1n) is 4.98. The summed E-state index contributed by atoms with van der Waals surface area (Å²) in [5.41, 5.74) is 2.60. The molecule has 14 heavy (non-hydrogen) atoms. The van der Waals surface area contributed by atoms with E-state index >= 15 is 0 Å². The monoisotopic (exact) mass is 210 g/mol. The van der Waals surface area contributed by atoms with Gasteiger partial charge in [0.25, 0.3) is 0 Å². The molecule has 0 spiro atoms. The summed E-state index contributed by atoms with van der Waals surface area (Å²) in [5.74, 6) is 0.539. The highest BCUT2D eigenvalue weighted by molar-refractivity contribution is 7.70. The van der Waals surface area contributed by atoms with Gasteiger partial charge in [-0.25, -0.2) is 0 Å². The van der Waals surface area contributed by atoms with Crippen LogP contribution in [-0.4, -0.2) is 13.3 Å². The van der Waals surface area contributed by atoms with Crippen LogP contribution in [-0.2, 0) is 4.57 Å². The minimum Gasteiger partial charge on any atom is -0.319 e. The van der Waals surface area contributed by atoms with Crippen molar-refractivity contribution in [3.8, 4) is 0 Å². The van der Waals surface area contributed by atoms with Crippen LogP contribution in [0.15, 0.2) is 18.2 Å². The van der Waals surface area contributed by atoms with Gasteiger partial charge in [0.1, 0.15) is 7.14 Å². The van der Waals surface area contributed by atoms with Gasteiger partial charge in [-0.15, -0.1) is 0 Å². The lowest BCUT2D eigenvalue weighted by molar-refractivity contribution is 0.588. The molecule has 1 rings (SSSR count). The first kappa shape index (κ1) is 11.5. The van der Waals surface area contributed by atoms with Gasteiger partial charge in [0.15, 0.2) is 0 Å². The van der Waals surface area contributed by atoms with E-state index < -0.39 is 7.14 Å². The molecule has 0 aromatic heterocycles. The van der Waals surface area contributed by atoms with Crippen molar-refractivity contribution in [2.45, 2.75) is 26.7 Å². The SMILES string of the molecule is Cc1cc(P(C)(C)=O)ccc1C(C)C. The number of rotatable bonds is 2. The second-order valence-electron chi connectivity index (χ2n) is 4.55. The lowest BCUT2D eigenvalue weighted by atomic mass is 9.98. The van der Waals surface area contributed by atoms with Crippen LogP contribution in [0.1, 0.15) is 30.9 Å². The fourth-order valence-electron chi connectivity index (χ4n) is 1.64. The lowest BCUT2D eigenvalue weighted by Gasteiger charge is -2.13. The van der Waals surface area contributed by atoms with Crippen LogP contribution < -0.4 is 5.30 Å². The molecule has 1 nitrogen and oxygen atoms in total. The Morgan fingerprint density at radius 2 is 1.79 bits per heavy atom. The van der Waals surface area contributed by atoms with E-state index in [-0.39, 0.29) is 0 Å². The average Bonchev–Trinajstić information content (AvgIpc) is 2.01. The molecule has 1 aromatic carbocycles. The summed E-state index contributed by atoms with van der Waals surface area (Å²) in [6, 6.07) is 6.17. The first-order valence-corrected chi connectivity index (χ1v) is 7.58. The van der Waals surface area contributed by atoms with Gasteiger partial charge < -0.3 is 4.57 Å². The second kappa shape index (κ2) is 3.90. The van der Waals surface area contributed by atoms with Gasteiger partial charge in [0, 0.05) is 5.30 Å². The van der Waals surface area contributed by atoms with E-state index in [4.69, 9.17) is 0 Å². The maximum absolute atomic E-state index is 11.8. The molecule has 0 bridgehead atoms. The van der Waals surface area contributed by atoms with Crippen molar-refractivity contribution in [2.24, 2.45) is 0 Å². The van der Waals surface area contributed by atoms with E-state index in [1.807, 2.05) is 19.4 Å². The van der Waals surface area contributed by atoms with E-state index in [2.05, 4.69) is 32.9 Å². The largest absolute Gasteiger partial charge is 0.319 e. The van der Waals surface area contributed by atoms with E-state index in [0.29, 0.717) is 5.92 Å². The molecule has 0 radical (unpaired) electrons. The van der Waals surface area contributed by atoms with E-state index in [0.717, 1.165) is 5.30 Å². The smallest absolute Gasteiger partial charge is 0.109 e. The highest BCUT2D eigenvalue weighted by atomic mass is 31.2. The maximum Gasteiger partial charge on any atom is 0.109 e. The quantitative estimate of drug-likeness (QED) is 0.684. The molecule has 2 heteroatoms. The molecule has 1 aromatic rings. The van der Waals surface area contributed by atoms with Gasteiger partial charge in [0.2, 0.25) is 0 Å². The third-order valence-electron chi connectivity index (χ3n) is 2.50. The van der Waals surface area contributed by atoms with Crippen LogP contribution >= 0.6 is 7.14 Å². The fourth-order valence-corrected chi connectivity index (χ4v) is 2.58. The van der Waals surface area contributed by atoms with Crippen molar-refractivity contribution in [3.63, 3.8) is 0 Å². The summed E-state index contributed by atoms with van der Waals surface area (Å²) in [6.07, 6.45) is 0. The van der Waals surface area contributed by atoms with Crippen molar-refractivity contribution in [2.75, 3.05) is 13.3 Å². The van der Waals surface area contributed by atoms with Gasteiger partial charge >= 0.3 is 0 Å². The van der Waals surface area contributed by atoms with Gasteiger partial charge in [-0.2, -0.15) is 0 Å². The molecular formula is C12H19OP. The minimum atomic E-state index is -2.10. The van der Waals surface area contributed by atoms with Crippen LogP contribution in [0.3, 0.4) is 0 Å². The zero-order valence-corrected chi connectivity index (χ0v) is 10.6. The highest BCUT2D eigenvalue weighted by Crippen LogP contribution is 2.35. The molecule has 78 valence electrons.